The lowest BCUT2D eigenvalue weighted by molar-refractivity contribution is 0.415. The number of anilines is 1. The number of rotatable bonds is 6. The first-order valence-corrected chi connectivity index (χ1v) is 8.07. The van der Waals surface area contributed by atoms with Crippen LogP contribution < -0.4 is 10.2 Å². The van der Waals surface area contributed by atoms with E-state index in [0.717, 1.165) is 17.0 Å². The largest absolute Gasteiger partial charge is 0.497 e. The lowest BCUT2D eigenvalue weighted by Crippen LogP contribution is -2.29. The molecule has 2 N–H and O–H groups in total. The van der Waals surface area contributed by atoms with Crippen molar-refractivity contribution >= 4 is 40.8 Å². The van der Waals surface area contributed by atoms with Crippen LogP contribution in [0.15, 0.2) is 47.6 Å². The van der Waals surface area contributed by atoms with Gasteiger partial charge in [0.15, 0.2) is 0 Å². The minimum atomic E-state index is -0.570. The summed E-state index contributed by atoms with van der Waals surface area (Å²) in [6.45, 7) is 3.85. The normalized spacial score (nSPS) is 11.5. The van der Waals surface area contributed by atoms with Gasteiger partial charge in [0.2, 0.25) is 0 Å². The quantitative estimate of drug-likeness (QED) is 0.533. The Kier molecular flexibility index (Phi) is 5.86. The molecule has 0 radical (unpaired) electrons. The number of hydrazone groups is 1. The number of halogens is 2. The predicted molar refractivity (Wildman–Crippen MR) is 102 cm³/mol. The van der Waals surface area contributed by atoms with Gasteiger partial charge in [0.25, 0.3) is 0 Å². The van der Waals surface area contributed by atoms with Gasteiger partial charge < -0.3 is 10.1 Å². The molecule has 2 aromatic carbocycles. The lowest BCUT2D eigenvalue weighted by atomic mass is 9.80. The summed E-state index contributed by atoms with van der Waals surface area (Å²) in [7, 11) is 1.62. The highest BCUT2D eigenvalue weighted by Crippen LogP contribution is 2.29. The summed E-state index contributed by atoms with van der Waals surface area (Å²) in [6.07, 6.45) is 1.49. The second-order valence-corrected chi connectivity index (χ2v) is 6.67. The van der Waals surface area contributed by atoms with Crippen LogP contribution in [0, 0.1) is 5.41 Å². The molecular formula is C18H19Cl2N3O. The molecule has 0 amide bonds. The molecule has 2 rings (SSSR count). The van der Waals surface area contributed by atoms with Crippen molar-refractivity contribution in [2.45, 2.75) is 19.3 Å². The van der Waals surface area contributed by atoms with Crippen LogP contribution in [-0.2, 0) is 5.41 Å². The topological polar surface area (TPSA) is 57.5 Å². The Labute approximate surface area is 151 Å². The summed E-state index contributed by atoms with van der Waals surface area (Å²) in [5.74, 6) is 0.774. The van der Waals surface area contributed by atoms with Gasteiger partial charge in [-0.3, -0.25) is 5.43 Å². The van der Waals surface area contributed by atoms with E-state index in [4.69, 9.17) is 33.3 Å². The molecule has 4 nitrogen and oxygen atoms in total. The van der Waals surface area contributed by atoms with Crippen molar-refractivity contribution in [2.75, 3.05) is 12.5 Å². The summed E-state index contributed by atoms with van der Waals surface area (Å²) >= 11 is 12.1. The van der Waals surface area contributed by atoms with Gasteiger partial charge in [0.05, 0.1) is 24.7 Å². The van der Waals surface area contributed by atoms with Crippen molar-refractivity contribution in [1.82, 2.24) is 0 Å². The van der Waals surface area contributed by atoms with Crippen molar-refractivity contribution in [1.29, 1.82) is 5.41 Å². The molecule has 0 heterocycles. The fourth-order valence-corrected chi connectivity index (χ4v) is 2.59. The fraction of sp³-hybridized carbons (Fsp3) is 0.222. The Morgan fingerprint density at radius 1 is 1.12 bits per heavy atom. The zero-order valence-corrected chi connectivity index (χ0v) is 15.2. The van der Waals surface area contributed by atoms with Crippen LogP contribution in [0.5, 0.6) is 5.75 Å². The molecule has 0 bridgehead atoms. The molecule has 0 spiro atoms. The standard InChI is InChI=1S/C18H19Cl2N3O/c1-18(2,12-8-13(19)10-14(20)9-12)17(21)11-22-23-15-4-6-16(24-3)7-5-15/h4-11,21,23H,1-3H3/b21-17?,22-11+. The highest BCUT2D eigenvalue weighted by Gasteiger charge is 2.26. The fourth-order valence-electron chi connectivity index (χ4n) is 2.07. The molecule has 0 aliphatic carbocycles. The second kappa shape index (κ2) is 7.69. The van der Waals surface area contributed by atoms with E-state index in [2.05, 4.69) is 10.5 Å². The first kappa shape index (κ1) is 18.3. The van der Waals surface area contributed by atoms with E-state index in [1.54, 1.807) is 13.2 Å². The highest BCUT2D eigenvalue weighted by atomic mass is 35.5. The Morgan fingerprint density at radius 2 is 1.71 bits per heavy atom. The molecule has 126 valence electrons. The van der Waals surface area contributed by atoms with Crippen LogP contribution >= 0.6 is 23.2 Å². The van der Waals surface area contributed by atoms with Crippen LogP contribution in [0.25, 0.3) is 0 Å². The molecule has 0 aromatic heterocycles. The van der Waals surface area contributed by atoms with Gasteiger partial charge in [-0.1, -0.05) is 37.0 Å². The molecule has 24 heavy (non-hydrogen) atoms. The number of hydrogen-bond acceptors (Lipinski definition) is 4. The van der Waals surface area contributed by atoms with Crippen molar-refractivity contribution in [3.05, 3.63) is 58.1 Å². The molecule has 0 aliphatic heterocycles. The van der Waals surface area contributed by atoms with E-state index >= 15 is 0 Å². The smallest absolute Gasteiger partial charge is 0.119 e. The molecule has 6 heteroatoms. The average molecular weight is 364 g/mol. The maximum Gasteiger partial charge on any atom is 0.119 e. The minimum Gasteiger partial charge on any atom is -0.497 e. The Bertz CT molecular complexity index is 735. The van der Waals surface area contributed by atoms with Gasteiger partial charge in [-0.05, 0) is 48.0 Å². The molecule has 0 saturated carbocycles. The zero-order valence-electron chi connectivity index (χ0n) is 13.7. The summed E-state index contributed by atoms with van der Waals surface area (Å²) < 4.78 is 5.10. The summed E-state index contributed by atoms with van der Waals surface area (Å²) in [6, 6.07) is 12.7. The Balaban J connectivity index is 2.08. The van der Waals surface area contributed by atoms with Crippen LogP contribution in [0.3, 0.4) is 0 Å². The summed E-state index contributed by atoms with van der Waals surface area (Å²) in [5.41, 5.74) is 4.33. The van der Waals surface area contributed by atoms with Gasteiger partial charge in [-0.25, -0.2) is 0 Å². The van der Waals surface area contributed by atoms with Gasteiger partial charge in [-0.2, -0.15) is 5.10 Å². The third-order valence-corrected chi connectivity index (χ3v) is 4.17. The maximum absolute atomic E-state index is 8.30. The van der Waals surface area contributed by atoms with Crippen molar-refractivity contribution in [3.8, 4) is 5.75 Å². The molecule has 0 unspecified atom stereocenters. The Morgan fingerprint density at radius 3 is 2.25 bits per heavy atom. The highest BCUT2D eigenvalue weighted by molar-refractivity contribution is 6.35. The van der Waals surface area contributed by atoms with E-state index in [-0.39, 0.29) is 0 Å². The molecule has 0 atom stereocenters. The van der Waals surface area contributed by atoms with E-state index in [9.17, 15) is 0 Å². The van der Waals surface area contributed by atoms with Crippen LogP contribution in [-0.4, -0.2) is 19.0 Å². The van der Waals surface area contributed by atoms with E-state index in [1.165, 1.54) is 6.21 Å². The van der Waals surface area contributed by atoms with Crippen LogP contribution in [0.1, 0.15) is 19.4 Å². The molecule has 0 fully saturated rings. The first-order valence-electron chi connectivity index (χ1n) is 7.31. The van der Waals surface area contributed by atoms with E-state index < -0.39 is 5.41 Å². The number of methoxy groups -OCH3 is 1. The number of nitrogens with one attached hydrogen (secondary N) is 2. The number of ether oxygens (including phenoxy) is 1. The average Bonchev–Trinajstić information content (AvgIpc) is 2.54. The second-order valence-electron chi connectivity index (χ2n) is 5.80. The zero-order chi connectivity index (χ0) is 17.7. The van der Waals surface area contributed by atoms with E-state index in [1.807, 2.05) is 50.2 Å². The third-order valence-electron chi connectivity index (χ3n) is 3.73. The monoisotopic (exact) mass is 363 g/mol. The Hall–Kier alpha value is -2.04. The van der Waals surface area contributed by atoms with Gasteiger partial charge in [0, 0.05) is 15.5 Å². The first-order chi connectivity index (χ1) is 11.3. The number of hydrogen-bond donors (Lipinski definition) is 2. The minimum absolute atomic E-state index is 0.335. The van der Waals surface area contributed by atoms with Gasteiger partial charge >= 0.3 is 0 Å². The lowest BCUT2D eigenvalue weighted by Gasteiger charge is -2.24. The molecule has 2 aromatic rings. The third kappa shape index (κ3) is 4.49. The molecular weight excluding hydrogens is 345 g/mol. The summed E-state index contributed by atoms with van der Waals surface area (Å²) in [5, 5.41) is 13.5. The SMILES string of the molecule is COc1ccc(N/N=C/C(=N)C(C)(C)c2cc(Cl)cc(Cl)c2)cc1. The molecule has 0 aliphatic rings. The van der Waals surface area contributed by atoms with E-state index in [0.29, 0.717) is 15.8 Å². The maximum atomic E-state index is 8.30. The summed E-state index contributed by atoms with van der Waals surface area (Å²) in [4.78, 5) is 0. The number of nitrogens with zero attached hydrogens (tertiary/aromatic N) is 1. The van der Waals surface area contributed by atoms with Crippen LogP contribution in [0.4, 0.5) is 5.69 Å². The van der Waals surface area contributed by atoms with Crippen molar-refractivity contribution in [3.63, 3.8) is 0 Å². The number of benzene rings is 2. The van der Waals surface area contributed by atoms with Crippen LogP contribution in [0.2, 0.25) is 10.0 Å². The van der Waals surface area contributed by atoms with Crippen molar-refractivity contribution < 1.29 is 4.74 Å². The predicted octanol–water partition coefficient (Wildman–Crippen LogP) is 5.40. The van der Waals surface area contributed by atoms with Gasteiger partial charge in [0.1, 0.15) is 5.75 Å². The van der Waals surface area contributed by atoms with Gasteiger partial charge in [-0.15, -0.1) is 0 Å². The molecule has 0 saturated heterocycles. The van der Waals surface area contributed by atoms with Crippen molar-refractivity contribution in [2.24, 2.45) is 5.10 Å².